The number of hydrogen-bond acceptors (Lipinski definition) is 11. The average molecular weight is 729 g/mol. The van der Waals surface area contributed by atoms with Crippen LogP contribution in [0.3, 0.4) is 0 Å². The highest BCUT2D eigenvalue weighted by atomic mass is 16.6. The minimum absolute atomic E-state index is 0.0868. The van der Waals surface area contributed by atoms with Crippen LogP contribution in [-0.2, 0) is 29.2 Å². The van der Waals surface area contributed by atoms with Gasteiger partial charge in [-0.2, -0.15) is 10.2 Å². The summed E-state index contributed by atoms with van der Waals surface area (Å²) in [7, 11) is 3.21. The van der Waals surface area contributed by atoms with Gasteiger partial charge >= 0.3 is 6.09 Å². The molecule has 54 heavy (non-hydrogen) atoms. The third-order valence-electron chi connectivity index (χ3n) is 10.1. The quantitative estimate of drug-likeness (QED) is 0.160. The topological polar surface area (TPSA) is 137 Å². The number of amides is 2. The van der Waals surface area contributed by atoms with Crippen molar-refractivity contribution in [2.75, 3.05) is 30.6 Å². The molecule has 3 atom stereocenters. The van der Waals surface area contributed by atoms with E-state index in [-0.39, 0.29) is 30.7 Å². The second-order valence-corrected chi connectivity index (χ2v) is 13.4. The summed E-state index contributed by atoms with van der Waals surface area (Å²) in [5, 5.41) is 12.2. The summed E-state index contributed by atoms with van der Waals surface area (Å²) in [4.78, 5) is 34.5. The number of ether oxygens (including phenoxy) is 5. The molecule has 2 aromatic heterocycles. The molecule has 1 saturated heterocycles. The van der Waals surface area contributed by atoms with Crippen molar-refractivity contribution in [1.82, 2.24) is 20.5 Å². The number of nitrogens with zero attached hydrogens (tertiary/aromatic N) is 5. The molecular formula is C41H40N6O7. The summed E-state index contributed by atoms with van der Waals surface area (Å²) >= 11 is 0. The van der Waals surface area contributed by atoms with E-state index >= 15 is 0 Å². The fourth-order valence-corrected chi connectivity index (χ4v) is 7.26. The van der Waals surface area contributed by atoms with Crippen LogP contribution in [0.25, 0.3) is 11.3 Å². The van der Waals surface area contributed by atoms with Gasteiger partial charge in [0.1, 0.15) is 41.5 Å². The normalized spacial score (nSPS) is 19.0. The second kappa shape index (κ2) is 15.4. The molecule has 276 valence electrons. The van der Waals surface area contributed by atoms with E-state index in [2.05, 4.69) is 15.5 Å². The van der Waals surface area contributed by atoms with Gasteiger partial charge in [-0.15, -0.1) is 0 Å². The van der Waals surface area contributed by atoms with E-state index in [1.54, 1.807) is 42.3 Å². The predicted molar refractivity (Wildman–Crippen MR) is 200 cm³/mol. The summed E-state index contributed by atoms with van der Waals surface area (Å²) in [6.45, 7) is 1.13. The van der Waals surface area contributed by atoms with Crippen molar-refractivity contribution in [3.8, 4) is 34.3 Å². The number of rotatable bonds is 12. The standard InChI is InChI=1S/C41H40N6O7/c1-50-30-14-11-26(12-15-30)23-46-38(48)25-52-35-17-18-37(44-40(35)46)47-34-16-13-29(19-36(34)54-41(47)49)42-21-28-9-6-10-32(33-20-31(51-2)22-43-45-33)39(28)53-24-27-7-4-3-5-8-27/h3-12,14-15,17-18,20,22,29,34,36,42H,13,16,19,21,23-25H2,1-2H3. The van der Waals surface area contributed by atoms with Crippen LogP contribution < -0.4 is 34.1 Å². The Hall–Kier alpha value is -6.21. The average Bonchev–Trinajstić information content (AvgIpc) is 3.55. The molecule has 13 nitrogen and oxygen atoms in total. The molecule has 8 rings (SSSR count). The van der Waals surface area contributed by atoms with Gasteiger partial charge in [0.15, 0.2) is 18.2 Å². The van der Waals surface area contributed by atoms with Gasteiger partial charge in [-0.05, 0) is 54.3 Å². The second-order valence-electron chi connectivity index (χ2n) is 13.4. The zero-order chi connectivity index (χ0) is 37.0. The maximum atomic E-state index is 13.4. The summed E-state index contributed by atoms with van der Waals surface area (Å²) in [5.41, 5.74) is 4.38. The molecule has 3 aliphatic rings. The highest BCUT2D eigenvalue weighted by Gasteiger charge is 2.47. The number of pyridine rings is 1. The molecule has 0 bridgehead atoms. The maximum absolute atomic E-state index is 13.4. The molecule has 1 saturated carbocycles. The molecule has 5 aromatic rings. The van der Waals surface area contributed by atoms with Gasteiger partial charge in [0.05, 0.1) is 33.0 Å². The number of aromatic nitrogens is 3. The van der Waals surface area contributed by atoms with Gasteiger partial charge in [0.2, 0.25) is 0 Å². The summed E-state index contributed by atoms with van der Waals surface area (Å²) in [6.07, 6.45) is 2.93. The van der Waals surface area contributed by atoms with Gasteiger partial charge in [-0.25, -0.2) is 9.78 Å². The Morgan fingerprint density at radius 1 is 0.889 bits per heavy atom. The van der Waals surface area contributed by atoms with E-state index in [9.17, 15) is 9.59 Å². The minimum atomic E-state index is -0.452. The van der Waals surface area contributed by atoms with Crippen LogP contribution in [-0.4, -0.2) is 66.2 Å². The highest BCUT2D eigenvalue weighted by molar-refractivity contribution is 5.97. The van der Waals surface area contributed by atoms with Crippen LogP contribution in [0.4, 0.5) is 16.4 Å². The van der Waals surface area contributed by atoms with Crippen molar-refractivity contribution in [2.24, 2.45) is 0 Å². The fraction of sp³-hybridized carbons (Fsp3) is 0.293. The smallest absolute Gasteiger partial charge is 0.416 e. The van der Waals surface area contributed by atoms with Crippen molar-refractivity contribution in [2.45, 2.75) is 57.1 Å². The molecule has 13 heteroatoms. The highest BCUT2D eigenvalue weighted by Crippen LogP contribution is 2.40. The lowest BCUT2D eigenvalue weighted by molar-refractivity contribution is -0.121. The molecule has 3 aromatic carbocycles. The number of methoxy groups -OCH3 is 2. The van der Waals surface area contributed by atoms with Gasteiger partial charge in [-0.1, -0.05) is 54.6 Å². The Bertz CT molecular complexity index is 2130. The number of anilines is 2. The van der Waals surface area contributed by atoms with Crippen LogP contribution in [0.1, 0.15) is 36.0 Å². The lowest BCUT2D eigenvalue weighted by Gasteiger charge is -2.34. The number of benzene rings is 3. The van der Waals surface area contributed by atoms with Crippen LogP contribution >= 0.6 is 0 Å². The van der Waals surface area contributed by atoms with E-state index in [4.69, 9.17) is 28.7 Å². The molecule has 2 fully saturated rings. The van der Waals surface area contributed by atoms with Crippen LogP contribution in [0.2, 0.25) is 0 Å². The Morgan fingerprint density at radius 3 is 2.54 bits per heavy atom. The first-order chi connectivity index (χ1) is 26.5. The van der Waals surface area contributed by atoms with Crippen molar-refractivity contribution < 1.29 is 33.3 Å². The largest absolute Gasteiger partial charge is 0.497 e. The molecule has 4 heterocycles. The Balaban J connectivity index is 0.971. The van der Waals surface area contributed by atoms with E-state index < -0.39 is 6.09 Å². The molecule has 2 aliphatic heterocycles. The van der Waals surface area contributed by atoms with Crippen molar-refractivity contribution in [3.05, 3.63) is 114 Å². The van der Waals surface area contributed by atoms with Crippen LogP contribution in [0, 0.1) is 0 Å². The monoisotopic (exact) mass is 728 g/mol. The number of nitrogens with one attached hydrogen (secondary N) is 1. The molecule has 1 aliphatic carbocycles. The number of para-hydroxylation sites is 1. The number of hydrogen-bond donors (Lipinski definition) is 1. The Morgan fingerprint density at radius 2 is 1.72 bits per heavy atom. The van der Waals surface area contributed by atoms with E-state index in [0.29, 0.717) is 67.1 Å². The molecule has 2 amide bonds. The SMILES string of the molecule is COc1ccc(CN2C(=O)COc3ccc(N4C(=O)OC5CC(NCc6cccc(-c7cc(OC)cnn7)c6OCc6ccccc6)CCC54)nc32)cc1. The number of fused-ring (bicyclic) bond motifs is 2. The van der Waals surface area contributed by atoms with Crippen molar-refractivity contribution in [3.63, 3.8) is 0 Å². The van der Waals surface area contributed by atoms with Crippen molar-refractivity contribution >= 4 is 23.6 Å². The summed E-state index contributed by atoms with van der Waals surface area (Å²) in [5.74, 6) is 3.11. The molecule has 0 spiro atoms. The minimum Gasteiger partial charge on any atom is -0.497 e. The van der Waals surface area contributed by atoms with Crippen molar-refractivity contribution in [1.29, 1.82) is 0 Å². The molecule has 1 N–H and O–H groups in total. The first-order valence-electron chi connectivity index (χ1n) is 17.9. The van der Waals surface area contributed by atoms with E-state index in [0.717, 1.165) is 34.4 Å². The van der Waals surface area contributed by atoms with Gasteiger partial charge in [-0.3, -0.25) is 14.6 Å². The number of carbonyl (C=O) groups is 2. The Kier molecular flexibility index (Phi) is 9.95. The first-order valence-corrected chi connectivity index (χ1v) is 17.9. The predicted octanol–water partition coefficient (Wildman–Crippen LogP) is 6.10. The van der Waals surface area contributed by atoms with Gasteiger partial charge in [0, 0.05) is 36.2 Å². The zero-order valence-corrected chi connectivity index (χ0v) is 30.0. The fourth-order valence-electron chi connectivity index (χ4n) is 7.26. The third kappa shape index (κ3) is 7.22. The summed E-state index contributed by atoms with van der Waals surface area (Å²) < 4.78 is 28.9. The van der Waals surface area contributed by atoms with E-state index in [1.165, 1.54) is 0 Å². The summed E-state index contributed by atoms with van der Waals surface area (Å²) in [6, 6.07) is 28.8. The van der Waals surface area contributed by atoms with Gasteiger partial charge < -0.3 is 29.0 Å². The molecule has 3 unspecified atom stereocenters. The lowest BCUT2D eigenvalue weighted by atomic mass is 9.88. The lowest BCUT2D eigenvalue weighted by Crippen LogP contribution is -2.46. The van der Waals surface area contributed by atoms with Gasteiger partial charge in [0.25, 0.3) is 5.91 Å². The maximum Gasteiger partial charge on any atom is 0.416 e. The third-order valence-corrected chi connectivity index (χ3v) is 10.1. The first kappa shape index (κ1) is 34.9. The molecule has 0 radical (unpaired) electrons. The van der Waals surface area contributed by atoms with E-state index in [1.807, 2.05) is 78.9 Å². The zero-order valence-electron chi connectivity index (χ0n) is 30.0. The molecular weight excluding hydrogens is 688 g/mol. The van der Waals surface area contributed by atoms with Crippen LogP contribution in [0.15, 0.2) is 97.2 Å². The van der Waals surface area contributed by atoms with Crippen LogP contribution in [0.5, 0.6) is 23.0 Å². The number of carbonyl (C=O) groups excluding carboxylic acids is 2. The Labute approximate surface area is 312 Å².